The molecule has 3 unspecified atom stereocenters. The van der Waals surface area contributed by atoms with Gasteiger partial charge in [-0.1, -0.05) is 13.8 Å². The molecular weight excluding hydrogens is 448 g/mol. The second-order valence-electron chi connectivity index (χ2n) is 8.87. The van der Waals surface area contributed by atoms with Crippen LogP contribution in [0, 0.1) is 29.6 Å². The number of carbonyl (C=O) groups excluding carboxylic acids is 2. The summed E-state index contributed by atoms with van der Waals surface area (Å²) in [5.41, 5.74) is 0. The summed E-state index contributed by atoms with van der Waals surface area (Å²) in [6.45, 7) is 3.18. The molecule has 0 aromatic rings. The standard InChI is InChI=1S/C20H27F6NO5/c1-10(2)14-9-32-18(31)27(14)16(28)13(7-8-19(21,22)23)15(17(29)30)11-3-5-12(6-4-11)20(24,25)26/h10-15H,3-9H2,1-2H3,(H,29,30). The SMILES string of the molecule is CC(C)C1COC(=O)N1C(=O)C(CCC(F)(F)F)C(C(=O)O)C1CCC(C(F)(F)F)CC1. The molecule has 1 N–H and O–H groups in total. The Labute approximate surface area is 181 Å². The van der Waals surface area contributed by atoms with Crippen molar-refractivity contribution in [2.24, 2.45) is 29.6 Å². The minimum atomic E-state index is -4.68. The molecule has 3 atom stereocenters. The van der Waals surface area contributed by atoms with Crippen LogP contribution in [0.15, 0.2) is 0 Å². The average molecular weight is 475 g/mol. The largest absolute Gasteiger partial charge is 0.481 e. The lowest BCUT2D eigenvalue weighted by Gasteiger charge is -2.37. The highest BCUT2D eigenvalue weighted by Crippen LogP contribution is 2.45. The third-order valence-corrected chi connectivity index (χ3v) is 6.43. The van der Waals surface area contributed by atoms with Crippen molar-refractivity contribution < 1.29 is 50.6 Å². The van der Waals surface area contributed by atoms with Gasteiger partial charge in [-0.2, -0.15) is 26.3 Å². The first-order valence-electron chi connectivity index (χ1n) is 10.5. The Morgan fingerprint density at radius 1 is 1.09 bits per heavy atom. The number of nitrogens with zero attached hydrogens (tertiary/aromatic N) is 1. The quantitative estimate of drug-likeness (QED) is 0.523. The molecule has 1 saturated carbocycles. The summed E-state index contributed by atoms with van der Waals surface area (Å²) >= 11 is 0. The van der Waals surface area contributed by atoms with Crippen LogP contribution in [0.5, 0.6) is 0 Å². The van der Waals surface area contributed by atoms with Gasteiger partial charge in [0.1, 0.15) is 6.61 Å². The Balaban J connectivity index is 2.33. The van der Waals surface area contributed by atoms with Gasteiger partial charge in [0.25, 0.3) is 0 Å². The molecule has 12 heteroatoms. The van der Waals surface area contributed by atoms with Gasteiger partial charge in [0.2, 0.25) is 5.91 Å². The summed E-state index contributed by atoms with van der Waals surface area (Å²) in [6, 6.07) is -0.765. The van der Waals surface area contributed by atoms with E-state index in [9.17, 15) is 45.8 Å². The van der Waals surface area contributed by atoms with E-state index in [4.69, 9.17) is 4.74 Å². The molecule has 2 aliphatic rings. The van der Waals surface area contributed by atoms with E-state index in [1.165, 1.54) is 0 Å². The first kappa shape index (κ1) is 26.2. The van der Waals surface area contributed by atoms with Crippen LogP contribution >= 0.6 is 0 Å². The van der Waals surface area contributed by atoms with Gasteiger partial charge in [-0.05, 0) is 43.9 Å². The van der Waals surface area contributed by atoms with Gasteiger partial charge >= 0.3 is 24.4 Å². The number of carboxylic acid groups (broad SMARTS) is 1. The highest BCUT2D eigenvalue weighted by molar-refractivity contribution is 5.96. The topological polar surface area (TPSA) is 83.9 Å². The monoisotopic (exact) mass is 475 g/mol. The Morgan fingerprint density at radius 2 is 1.66 bits per heavy atom. The molecule has 1 aliphatic carbocycles. The molecule has 2 fully saturated rings. The number of aliphatic carboxylic acids is 1. The summed E-state index contributed by atoms with van der Waals surface area (Å²) in [4.78, 5) is 38.1. The second-order valence-corrected chi connectivity index (χ2v) is 8.87. The predicted molar refractivity (Wildman–Crippen MR) is 98.2 cm³/mol. The van der Waals surface area contributed by atoms with E-state index in [1.807, 2.05) is 0 Å². The molecule has 6 nitrogen and oxygen atoms in total. The van der Waals surface area contributed by atoms with Crippen LogP contribution in [0.25, 0.3) is 0 Å². The summed E-state index contributed by atoms with van der Waals surface area (Å²) in [5.74, 6) is -8.82. The minimum absolute atomic E-state index is 0.164. The van der Waals surface area contributed by atoms with E-state index in [-0.39, 0.29) is 38.2 Å². The highest BCUT2D eigenvalue weighted by atomic mass is 19.4. The van der Waals surface area contributed by atoms with E-state index < -0.39 is 72.9 Å². The molecule has 1 saturated heterocycles. The molecule has 32 heavy (non-hydrogen) atoms. The van der Waals surface area contributed by atoms with Crippen LogP contribution in [-0.4, -0.2) is 53.0 Å². The zero-order valence-corrected chi connectivity index (χ0v) is 17.7. The number of amides is 2. The van der Waals surface area contributed by atoms with Crippen LogP contribution in [0.4, 0.5) is 31.1 Å². The van der Waals surface area contributed by atoms with Crippen molar-refractivity contribution in [2.45, 2.75) is 70.8 Å². The van der Waals surface area contributed by atoms with Crippen LogP contribution in [-0.2, 0) is 14.3 Å². The van der Waals surface area contributed by atoms with E-state index in [2.05, 4.69) is 0 Å². The molecule has 1 aliphatic heterocycles. The van der Waals surface area contributed by atoms with Gasteiger partial charge in [0, 0.05) is 6.42 Å². The van der Waals surface area contributed by atoms with E-state index in [1.54, 1.807) is 13.8 Å². The Hall–Kier alpha value is -2.01. The number of halogens is 6. The molecule has 0 radical (unpaired) electrons. The first-order valence-corrected chi connectivity index (χ1v) is 10.5. The van der Waals surface area contributed by atoms with Crippen molar-refractivity contribution in [1.82, 2.24) is 4.90 Å². The summed E-state index contributed by atoms with van der Waals surface area (Å²) in [7, 11) is 0. The molecule has 184 valence electrons. The van der Waals surface area contributed by atoms with Crippen molar-refractivity contribution in [3.63, 3.8) is 0 Å². The maximum absolute atomic E-state index is 13.2. The Morgan fingerprint density at radius 3 is 2.09 bits per heavy atom. The molecule has 0 spiro atoms. The number of carbonyl (C=O) groups is 3. The van der Waals surface area contributed by atoms with Crippen LogP contribution < -0.4 is 0 Å². The number of hydrogen-bond acceptors (Lipinski definition) is 4. The average Bonchev–Trinajstić information content (AvgIpc) is 3.04. The van der Waals surface area contributed by atoms with Gasteiger partial charge in [-0.25, -0.2) is 9.69 Å². The zero-order valence-electron chi connectivity index (χ0n) is 17.7. The lowest BCUT2D eigenvalue weighted by atomic mass is 9.70. The smallest absolute Gasteiger partial charge is 0.416 e. The van der Waals surface area contributed by atoms with Crippen LogP contribution in [0.1, 0.15) is 52.4 Å². The molecule has 1 heterocycles. The normalized spacial score (nSPS) is 26.7. The molecule has 2 amide bonds. The zero-order chi connectivity index (χ0) is 24.4. The lowest BCUT2D eigenvalue weighted by Crippen LogP contribution is -2.49. The van der Waals surface area contributed by atoms with E-state index >= 15 is 0 Å². The third kappa shape index (κ3) is 6.28. The van der Waals surface area contributed by atoms with E-state index in [0.29, 0.717) is 4.90 Å². The molecule has 0 aromatic carbocycles. The summed E-state index contributed by atoms with van der Waals surface area (Å²) in [5, 5.41) is 9.79. The fourth-order valence-electron chi connectivity index (χ4n) is 4.64. The number of ether oxygens (including phenoxy) is 1. The van der Waals surface area contributed by atoms with Gasteiger partial charge in [-0.15, -0.1) is 0 Å². The van der Waals surface area contributed by atoms with Gasteiger partial charge < -0.3 is 9.84 Å². The Kier molecular flexibility index (Phi) is 8.09. The number of alkyl halides is 6. The van der Waals surface area contributed by atoms with Gasteiger partial charge in [0.15, 0.2) is 0 Å². The molecular formula is C20H27F6NO5. The maximum Gasteiger partial charge on any atom is 0.416 e. The number of cyclic esters (lactones) is 1. The fraction of sp³-hybridized carbons (Fsp3) is 0.850. The Bertz CT molecular complexity index is 700. The highest BCUT2D eigenvalue weighted by Gasteiger charge is 2.50. The van der Waals surface area contributed by atoms with Crippen molar-refractivity contribution >= 4 is 18.0 Å². The van der Waals surface area contributed by atoms with Crippen molar-refractivity contribution in [1.29, 1.82) is 0 Å². The third-order valence-electron chi connectivity index (χ3n) is 6.43. The number of hydrogen-bond donors (Lipinski definition) is 1. The van der Waals surface area contributed by atoms with Crippen LogP contribution in [0.2, 0.25) is 0 Å². The van der Waals surface area contributed by atoms with Crippen molar-refractivity contribution in [3.8, 4) is 0 Å². The van der Waals surface area contributed by atoms with Gasteiger partial charge in [-0.3, -0.25) is 9.59 Å². The van der Waals surface area contributed by atoms with E-state index in [0.717, 1.165) is 0 Å². The predicted octanol–water partition coefficient (Wildman–Crippen LogP) is 5.02. The second kappa shape index (κ2) is 9.86. The summed E-state index contributed by atoms with van der Waals surface area (Å²) in [6.07, 6.45) is -13.6. The van der Waals surface area contributed by atoms with Crippen molar-refractivity contribution in [2.75, 3.05) is 6.61 Å². The number of rotatable bonds is 7. The van der Waals surface area contributed by atoms with Crippen LogP contribution in [0.3, 0.4) is 0 Å². The first-order chi connectivity index (χ1) is 14.6. The van der Waals surface area contributed by atoms with Crippen molar-refractivity contribution in [3.05, 3.63) is 0 Å². The fourth-order valence-corrected chi connectivity index (χ4v) is 4.64. The van der Waals surface area contributed by atoms with Gasteiger partial charge in [0.05, 0.1) is 23.8 Å². The minimum Gasteiger partial charge on any atom is -0.481 e. The molecule has 2 rings (SSSR count). The lowest BCUT2D eigenvalue weighted by molar-refractivity contribution is -0.186. The summed E-state index contributed by atoms with van der Waals surface area (Å²) < 4.78 is 82.6. The number of carboxylic acids is 1. The maximum atomic E-state index is 13.2. The molecule has 0 aromatic heterocycles. The number of imide groups is 1. The molecule has 0 bridgehead atoms.